The van der Waals surface area contributed by atoms with Crippen LogP contribution in [0.1, 0.15) is 15.9 Å². The predicted octanol–water partition coefficient (Wildman–Crippen LogP) is 2.74. The van der Waals surface area contributed by atoms with Crippen LogP contribution in [0.15, 0.2) is 78.9 Å². The molecule has 0 aliphatic heterocycles. The molecule has 4 rings (SSSR count). The monoisotopic (exact) mass is 520 g/mol. The molecule has 0 aliphatic carbocycles. The minimum absolute atomic E-state index is 0.108. The summed E-state index contributed by atoms with van der Waals surface area (Å²) in [6, 6.07) is 23.0. The number of nitrogens with zero attached hydrogens (tertiary/aromatic N) is 4. The molecule has 1 atom stereocenters. The second kappa shape index (κ2) is 12.0. The minimum Gasteiger partial charge on any atom is -0.375 e. The molecule has 0 saturated heterocycles. The summed E-state index contributed by atoms with van der Waals surface area (Å²) < 4.78 is 33.5. The Bertz CT molecular complexity index is 1410. The van der Waals surface area contributed by atoms with Crippen molar-refractivity contribution in [1.29, 1.82) is 0 Å². The Kier molecular flexibility index (Phi) is 8.51. The zero-order chi connectivity index (χ0) is 26.3. The number of nitrogens with one attached hydrogen (secondary N) is 2. The minimum atomic E-state index is -3.76. The second-order valence-corrected chi connectivity index (χ2v) is 10.5. The van der Waals surface area contributed by atoms with Gasteiger partial charge in [0, 0.05) is 11.1 Å². The largest absolute Gasteiger partial charge is 0.375 e. The third-order valence-electron chi connectivity index (χ3n) is 5.47. The van der Waals surface area contributed by atoms with Crippen LogP contribution in [-0.4, -0.2) is 72.3 Å². The van der Waals surface area contributed by atoms with Crippen molar-refractivity contribution in [3.63, 3.8) is 0 Å². The highest BCUT2D eigenvalue weighted by atomic mass is 32.2. The van der Waals surface area contributed by atoms with Gasteiger partial charge < -0.3 is 4.74 Å². The number of hydrogen-bond acceptors (Lipinski definition) is 8. The van der Waals surface area contributed by atoms with Crippen molar-refractivity contribution >= 4 is 15.8 Å². The lowest BCUT2D eigenvalue weighted by Crippen LogP contribution is -2.46. The number of sulfonamides is 1. The highest BCUT2D eigenvalue weighted by molar-refractivity contribution is 7.89. The highest BCUT2D eigenvalue weighted by Crippen LogP contribution is 2.29. The number of carbonyl (C=O) groups excluding carboxylic acids is 1. The molecule has 11 heteroatoms. The van der Waals surface area contributed by atoms with Gasteiger partial charge in [0.2, 0.25) is 10.0 Å². The van der Waals surface area contributed by atoms with E-state index in [1.165, 1.54) is 4.90 Å². The number of ether oxygens (including phenoxy) is 1. The molecule has 10 nitrogen and oxygen atoms in total. The lowest BCUT2D eigenvalue weighted by atomic mass is 9.96. The average molecular weight is 521 g/mol. The van der Waals surface area contributed by atoms with Gasteiger partial charge in [0.05, 0.1) is 13.2 Å². The third kappa shape index (κ3) is 7.14. The van der Waals surface area contributed by atoms with E-state index in [-0.39, 0.29) is 24.9 Å². The van der Waals surface area contributed by atoms with Crippen molar-refractivity contribution in [3.05, 3.63) is 90.0 Å². The molecule has 1 heterocycles. The topological polar surface area (TPSA) is 130 Å². The van der Waals surface area contributed by atoms with E-state index in [9.17, 15) is 13.2 Å². The van der Waals surface area contributed by atoms with E-state index >= 15 is 0 Å². The van der Waals surface area contributed by atoms with E-state index in [0.717, 1.165) is 22.3 Å². The molecule has 0 bridgehead atoms. The lowest BCUT2D eigenvalue weighted by Gasteiger charge is -2.20. The van der Waals surface area contributed by atoms with E-state index in [4.69, 9.17) is 4.74 Å². The summed E-state index contributed by atoms with van der Waals surface area (Å²) in [7, 11) is -0.465. The molecule has 0 saturated carbocycles. The number of H-pyrrole nitrogens is 1. The van der Waals surface area contributed by atoms with Crippen LogP contribution in [0, 0.1) is 0 Å². The molecule has 3 aromatic carbocycles. The van der Waals surface area contributed by atoms with E-state index in [0.29, 0.717) is 11.4 Å². The van der Waals surface area contributed by atoms with Gasteiger partial charge in [0.25, 0.3) is 0 Å². The molecule has 4 aromatic rings. The Morgan fingerprint density at radius 2 is 1.65 bits per heavy atom. The van der Waals surface area contributed by atoms with Crippen molar-refractivity contribution in [2.75, 3.05) is 26.6 Å². The number of benzene rings is 3. The zero-order valence-corrected chi connectivity index (χ0v) is 21.4. The molecule has 0 aliphatic rings. The van der Waals surface area contributed by atoms with Crippen molar-refractivity contribution in [2.45, 2.75) is 12.6 Å². The van der Waals surface area contributed by atoms with Gasteiger partial charge >= 0.3 is 0 Å². The van der Waals surface area contributed by atoms with E-state index in [2.05, 4.69) is 25.3 Å². The van der Waals surface area contributed by atoms with Crippen LogP contribution in [-0.2, 0) is 21.4 Å². The summed E-state index contributed by atoms with van der Waals surface area (Å²) in [6.07, 6.45) is 0. The molecule has 0 fully saturated rings. The van der Waals surface area contributed by atoms with Gasteiger partial charge in [-0.2, -0.15) is 0 Å². The lowest BCUT2D eigenvalue weighted by molar-refractivity contribution is 0.0762. The van der Waals surface area contributed by atoms with Gasteiger partial charge in [-0.1, -0.05) is 78.9 Å². The van der Waals surface area contributed by atoms with Crippen molar-refractivity contribution in [1.82, 2.24) is 30.2 Å². The molecular weight excluding hydrogens is 492 g/mol. The first kappa shape index (κ1) is 26.3. The van der Waals surface area contributed by atoms with Crippen LogP contribution < -0.4 is 4.72 Å². The first-order valence-corrected chi connectivity index (χ1v) is 13.2. The average Bonchev–Trinajstić information content (AvgIpc) is 3.43. The normalized spacial score (nSPS) is 12.5. The van der Waals surface area contributed by atoms with E-state index in [1.54, 1.807) is 26.2 Å². The van der Waals surface area contributed by atoms with Crippen molar-refractivity contribution < 1.29 is 17.9 Å². The van der Waals surface area contributed by atoms with Crippen LogP contribution in [0.2, 0.25) is 0 Å². The van der Waals surface area contributed by atoms with Crippen molar-refractivity contribution in [2.24, 2.45) is 0 Å². The number of rotatable bonds is 12. The molecule has 1 unspecified atom stereocenters. The summed E-state index contributed by atoms with van der Waals surface area (Å²) in [4.78, 5) is 14.9. The van der Waals surface area contributed by atoms with E-state index in [1.807, 2.05) is 66.7 Å². The number of aromatic nitrogens is 4. The molecule has 0 amide bonds. The summed E-state index contributed by atoms with van der Waals surface area (Å²) in [5, 5.41) is 14.0. The fraction of sp³-hybridized carbons (Fsp3) is 0.231. The Labute approximate surface area is 215 Å². The molecule has 1 aromatic heterocycles. The summed E-state index contributed by atoms with van der Waals surface area (Å²) >= 11 is 0. The summed E-state index contributed by atoms with van der Waals surface area (Å²) in [5.41, 5.74) is 3.84. The quantitative estimate of drug-likeness (QED) is 0.273. The molecular formula is C26H28N6O4S. The zero-order valence-electron chi connectivity index (χ0n) is 20.5. The summed E-state index contributed by atoms with van der Waals surface area (Å²) in [5.74, 6) is -0.0989. The maximum Gasteiger partial charge on any atom is 0.225 e. The van der Waals surface area contributed by atoms with Gasteiger partial charge in [-0.25, -0.2) is 18.2 Å². The summed E-state index contributed by atoms with van der Waals surface area (Å²) in [6.45, 7) is 0.149. The molecule has 0 radical (unpaired) electrons. The number of aromatic amines is 1. The van der Waals surface area contributed by atoms with Crippen LogP contribution in [0.25, 0.3) is 22.5 Å². The molecule has 2 N–H and O–H groups in total. The fourth-order valence-electron chi connectivity index (χ4n) is 3.86. The number of carbonyl (C=O) groups is 1. The van der Waals surface area contributed by atoms with Crippen LogP contribution in [0.3, 0.4) is 0 Å². The maximum atomic E-state index is 13.4. The fourth-order valence-corrected chi connectivity index (χ4v) is 5.22. The first-order chi connectivity index (χ1) is 17.8. The smallest absolute Gasteiger partial charge is 0.225 e. The van der Waals surface area contributed by atoms with Gasteiger partial charge in [-0.3, -0.25) is 9.69 Å². The SMILES string of the molecule is CN(C)CS(=O)(=O)NC(COCc1ccccc1)C(=O)c1ccc(-c2ccccc2-c2nnn[nH]2)cc1. The second-order valence-electron chi connectivity index (χ2n) is 8.73. The predicted molar refractivity (Wildman–Crippen MR) is 140 cm³/mol. The Morgan fingerprint density at radius 3 is 2.30 bits per heavy atom. The Morgan fingerprint density at radius 1 is 0.973 bits per heavy atom. The van der Waals surface area contributed by atoms with Crippen LogP contribution in [0.4, 0.5) is 0 Å². The number of Topliss-reactive ketones (excluding diaryl/α,β-unsaturated/α-hetero) is 1. The van der Waals surface area contributed by atoms with Gasteiger partial charge in [0.1, 0.15) is 11.9 Å². The molecule has 192 valence electrons. The maximum absolute atomic E-state index is 13.4. The standard InChI is InChI=1S/C26H28N6O4S/c1-32(2)18-37(34,35)29-24(17-36-16-19-8-4-3-5-9-19)25(33)21-14-12-20(13-15-21)22-10-6-7-11-23(22)26-27-30-31-28-26/h3-15,24,29H,16-18H2,1-2H3,(H,27,28,30,31). The first-order valence-electron chi connectivity index (χ1n) is 11.6. The van der Waals surface area contributed by atoms with Gasteiger partial charge in [0.15, 0.2) is 11.6 Å². The Balaban J connectivity index is 1.54. The Hall–Kier alpha value is -3.77. The van der Waals surface area contributed by atoms with Crippen molar-refractivity contribution in [3.8, 4) is 22.5 Å². The van der Waals surface area contributed by atoms with Gasteiger partial charge in [-0.05, 0) is 41.2 Å². The van der Waals surface area contributed by atoms with Crippen LogP contribution in [0.5, 0.6) is 0 Å². The number of tetrazole rings is 1. The highest BCUT2D eigenvalue weighted by Gasteiger charge is 2.26. The molecule has 37 heavy (non-hydrogen) atoms. The number of hydrogen-bond donors (Lipinski definition) is 2. The third-order valence-corrected chi connectivity index (χ3v) is 6.97. The molecule has 0 spiro atoms. The van der Waals surface area contributed by atoms with Crippen LogP contribution >= 0.6 is 0 Å². The van der Waals surface area contributed by atoms with E-state index < -0.39 is 16.1 Å². The van der Waals surface area contributed by atoms with Gasteiger partial charge in [-0.15, -0.1) is 5.10 Å². The number of ketones is 1.